The Morgan fingerprint density at radius 3 is 2.52 bits per heavy atom. The molecule has 132 valence electrons. The molecule has 1 amide bonds. The topological polar surface area (TPSA) is 66.4 Å². The number of halogens is 4. The molecule has 1 atom stereocenters. The maximum atomic E-state index is 13.6. The Labute approximate surface area is 155 Å². The Morgan fingerprint density at radius 2 is 1.88 bits per heavy atom. The number of hydrogen-bond acceptors (Lipinski definition) is 2. The summed E-state index contributed by atoms with van der Waals surface area (Å²) < 4.78 is 27.1. The highest BCUT2D eigenvalue weighted by Crippen LogP contribution is 2.22. The number of rotatable bonds is 6. The monoisotopic (exact) mass is 431 g/mol. The molecular weight excluding hydrogens is 420 g/mol. The minimum Gasteiger partial charge on any atom is -0.480 e. The van der Waals surface area contributed by atoms with Gasteiger partial charge in [-0.1, -0.05) is 33.6 Å². The van der Waals surface area contributed by atoms with Crippen LogP contribution in [-0.4, -0.2) is 23.0 Å². The Hall–Kier alpha value is -1.99. The zero-order valence-electron chi connectivity index (χ0n) is 12.7. The van der Waals surface area contributed by atoms with E-state index in [1.165, 1.54) is 0 Å². The summed E-state index contributed by atoms with van der Waals surface area (Å²) in [5, 5.41) is 12.1. The normalized spacial score (nSPS) is 11.8. The first-order valence-electron chi connectivity index (χ1n) is 7.16. The highest BCUT2D eigenvalue weighted by Gasteiger charge is 2.22. The molecule has 0 saturated carbocycles. The van der Waals surface area contributed by atoms with Crippen molar-refractivity contribution in [3.63, 3.8) is 0 Å². The number of aliphatic carboxylic acids is 1. The fraction of sp³-hybridized carbons (Fsp3) is 0.176. The van der Waals surface area contributed by atoms with Gasteiger partial charge in [-0.3, -0.25) is 4.79 Å². The molecule has 4 nitrogen and oxygen atoms in total. The van der Waals surface area contributed by atoms with E-state index in [0.29, 0.717) is 21.1 Å². The molecular formula is C17H13BrClF2NO3. The molecule has 0 aromatic heterocycles. The zero-order chi connectivity index (χ0) is 18.6. The second-order valence-electron chi connectivity index (χ2n) is 5.31. The first-order valence-corrected chi connectivity index (χ1v) is 8.33. The van der Waals surface area contributed by atoms with Gasteiger partial charge in [-0.2, -0.15) is 0 Å². The second kappa shape index (κ2) is 8.40. The van der Waals surface area contributed by atoms with Gasteiger partial charge < -0.3 is 10.4 Å². The lowest BCUT2D eigenvalue weighted by Gasteiger charge is -2.16. The van der Waals surface area contributed by atoms with Gasteiger partial charge in [0.25, 0.3) is 0 Å². The number of hydrogen-bond donors (Lipinski definition) is 2. The van der Waals surface area contributed by atoms with Crippen LogP contribution in [0, 0.1) is 11.6 Å². The van der Waals surface area contributed by atoms with Gasteiger partial charge in [0.05, 0.1) is 6.42 Å². The lowest BCUT2D eigenvalue weighted by Crippen LogP contribution is -2.43. The van der Waals surface area contributed by atoms with Crippen molar-refractivity contribution in [3.05, 3.63) is 68.7 Å². The fourth-order valence-corrected chi connectivity index (χ4v) is 2.81. The molecule has 0 unspecified atom stereocenters. The largest absolute Gasteiger partial charge is 0.480 e. The lowest BCUT2D eigenvalue weighted by atomic mass is 10.1. The molecule has 0 spiro atoms. The van der Waals surface area contributed by atoms with E-state index >= 15 is 0 Å². The molecule has 2 aromatic rings. The lowest BCUT2D eigenvalue weighted by molar-refractivity contribution is -0.141. The smallest absolute Gasteiger partial charge is 0.326 e. The van der Waals surface area contributed by atoms with Crippen LogP contribution in [0.2, 0.25) is 5.02 Å². The van der Waals surface area contributed by atoms with Crippen molar-refractivity contribution < 1.29 is 23.5 Å². The second-order valence-corrected chi connectivity index (χ2v) is 6.60. The van der Waals surface area contributed by atoms with E-state index < -0.39 is 36.0 Å². The predicted molar refractivity (Wildman–Crippen MR) is 92.5 cm³/mol. The maximum absolute atomic E-state index is 13.6. The van der Waals surface area contributed by atoms with Crippen LogP contribution in [0.15, 0.2) is 40.9 Å². The van der Waals surface area contributed by atoms with Crippen LogP contribution in [0.25, 0.3) is 0 Å². The minimum absolute atomic E-state index is 0.00584. The molecule has 2 rings (SSSR count). The Balaban J connectivity index is 2.09. The molecule has 25 heavy (non-hydrogen) atoms. The molecule has 0 aliphatic heterocycles. The predicted octanol–water partition coefficient (Wildman–Crippen LogP) is 3.74. The first-order chi connectivity index (χ1) is 11.8. The number of carboxylic acids is 1. The van der Waals surface area contributed by atoms with Crippen LogP contribution in [-0.2, 0) is 22.4 Å². The zero-order valence-corrected chi connectivity index (χ0v) is 15.1. The molecule has 0 fully saturated rings. The van der Waals surface area contributed by atoms with Crippen molar-refractivity contribution in [2.45, 2.75) is 18.9 Å². The van der Waals surface area contributed by atoms with Crippen LogP contribution >= 0.6 is 27.5 Å². The van der Waals surface area contributed by atoms with Crippen LogP contribution in [0.3, 0.4) is 0 Å². The van der Waals surface area contributed by atoms with Gasteiger partial charge in [0.15, 0.2) is 0 Å². The number of carboxylic acid groups (broad SMARTS) is 1. The van der Waals surface area contributed by atoms with Gasteiger partial charge in [0.2, 0.25) is 5.91 Å². The Morgan fingerprint density at radius 1 is 1.16 bits per heavy atom. The van der Waals surface area contributed by atoms with Crippen molar-refractivity contribution in [1.82, 2.24) is 5.32 Å². The first kappa shape index (κ1) is 19.3. The Kier molecular flexibility index (Phi) is 6.50. The quantitative estimate of drug-likeness (QED) is 0.731. The van der Waals surface area contributed by atoms with Crippen LogP contribution in [0.1, 0.15) is 11.1 Å². The van der Waals surface area contributed by atoms with Crippen molar-refractivity contribution in [3.8, 4) is 0 Å². The summed E-state index contributed by atoms with van der Waals surface area (Å²) in [4.78, 5) is 23.4. The van der Waals surface area contributed by atoms with Crippen molar-refractivity contribution in [2.75, 3.05) is 0 Å². The van der Waals surface area contributed by atoms with E-state index in [1.807, 2.05) is 0 Å². The van der Waals surface area contributed by atoms with Crippen molar-refractivity contribution >= 4 is 39.4 Å². The molecule has 0 saturated heterocycles. The summed E-state index contributed by atoms with van der Waals surface area (Å²) >= 11 is 9.19. The average Bonchev–Trinajstić information content (AvgIpc) is 2.52. The molecule has 0 heterocycles. The van der Waals surface area contributed by atoms with Gasteiger partial charge in [0, 0.05) is 22.0 Å². The highest BCUT2D eigenvalue weighted by atomic mass is 79.9. The third-order valence-electron chi connectivity index (χ3n) is 3.43. The number of nitrogens with one attached hydrogen (secondary N) is 1. The number of benzene rings is 2. The standard InChI is InChI=1S/C17H13BrClF2NO3/c18-13-4-2-11(19)5-10(13)6-15(17(24)25)22-16(23)7-9-1-3-12(20)8-14(9)21/h1-5,8,15H,6-7H2,(H,22,23)(H,24,25)/t15-/m0/s1. The molecule has 0 radical (unpaired) electrons. The number of amides is 1. The molecule has 0 aliphatic rings. The number of carbonyl (C=O) groups excluding carboxylic acids is 1. The SMILES string of the molecule is O=C(Cc1ccc(F)cc1F)N[C@@H](Cc1cc(Cl)ccc1Br)C(=O)O. The van der Waals surface area contributed by atoms with Gasteiger partial charge in [-0.25, -0.2) is 13.6 Å². The maximum Gasteiger partial charge on any atom is 0.326 e. The third-order valence-corrected chi connectivity index (χ3v) is 4.44. The van der Waals surface area contributed by atoms with Crippen LogP contribution in [0.4, 0.5) is 8.78 Å². The fourth-order valence-electron chi connectivity index (χ4n) is 2.20. The minimum atomic E-state index is -1.24. The summed E-state index contributed by atoms with van der Waals surface area (Å²) in [6.07, 6.45) is -0.402. The summed E-state index contributed by atoms with van der Waals surface area (Å²) in [7, 11) is 0. The molecule has 8 heteroatoms. The number of carbonyl (C=O) groups is 2. The highest BCUT2D eigenvalue weighted by molar-refractivity contribution is 9.10. The van der Waals surface area contributed by atoms with Gasteiger partial charge in [0.1, 0.15) is 17.7 Å². The summed E-state index contributed by atoms with van der Waals surface area (Å²) in [6.45, 7) is 0. The molecule has 0 aliphatic carbocycles. The van der Waals surface area contributed by atoms with Gasteiger partial charge in [-0.05, 0) is 35.4 Å². The molecule has 0 bridgehead atoms. The van der Waals surface area contributed by atoms with Gasteiger partial charge >= 0.3 is 5.97 Å². The molecule has 2 aromatic carbocycles. The van der Waals surface area contributed by atoms with Crippen molar-refractivity contribution in [1.29, 1.82) is 0 Å². The van der Waals surface area contributed by atoms with Gasteiger partial charge in [-0.15, -0.1) is 0 Å². The van der Waals surface area contributed by atoms with Crippen LogP contribution in [0.5, 0.6) is 0 Å². The van der Waals surface area contributed by atoms with E-state index in [2.05, 4.69) is 21.2 Å². The Bertz CT molecular complexity index is 816. The van der Waals surface area contributed by atoms with E-state index in [0.717, 1.165) is 12.1 Å². The van der Waals surface area contributed by atoms with E-state index in [1.54, 1.807) is 18.2 Å². The van der Waals surface area contributed by atoms with E-state index in [4.69, 9.17) is 11.6 Å². The molecule has 2 N–H and O–H groups in total. The summed E-state index contributed by atoms with van der Waals surface area (Å²) in [5.74, 6) is -3.54. The summed E-state index contributed by atoms with van der Waals surface area (Å²) in [5.41, 5.74) is 0.583. The average molecular weight is 433 g/mol. The van der Waals surface area contributed by atoms with E-state index in [9.17, 15) is 23.5 Å². The van der Waals surface area contributed by atoms with Crippen LogP contribution < -0.4 is 5.32 Å². The van der Waals surface area contributed by atoms with E-state index in [-0.39, 0.29) is 12.0 Å². The van der Waals surface area contributed by atoms with Crippen molar-refractivity contribution in [2.24, 2.45) is 0 Å². The third kappa shape index (κ3) is 5.51. The summed E-state index contributed by atoms with van der Waals surface area (Å²) in [6, 6.07) is 6.53.